The standard InChI is InChI=1S/C29H37NO7/c1-17(2)13-22(31)21-11-12-23-25(27(21)34-5)28(32)35-16-19-14-18(3)15-24(26(19)36-23)37-29(33)30(4)20-9-7-6-8-10-20/h11-12,14-15,17,20,22,31H,6-10,13,16H2,1-5H3/t22-/m0/s1. The molecule has 200 valence electrons. The van der Waals surface area contributed by atoms with Gasteiger partial charge in [0.2, 0.25) is 0 Å². The number of hydrogen-bond acceptors (Lipinski definition) is 7. The minimum Gasteiger partial charge on any atom is -0.495 e. The number of benzene rings is 2. The average molecular weight is 512 g/mol. The molecule has 1 aliphatic carbocycles. The van der Waals surface area contributed by atoms with Crippen molar-refractivity contribution in [2.24, 2.45) is 5.92 Å². The van der Waals surface area contributed by atoms with Crippen LogP contribution < -0.4 is 14.2 Å². The number of nitrogens with zero attached hydrogens (tertiary/aromatic N) is 1. The normalized spacial score (nSPS) is 16.5. The van der Waals surface area contributed by atoms with E-state index in [0.29, 0.717) is 23.3 Å². The number of esters is 1. The van der Waals surface area contributed by atoms with Gasteiger partial charge in [-0.1, -0.05) is 33.1 Å². The Labute approximate surface area is 218 Å². The Morgan fingerprint density at radius 2 is 1.92 bits per heavy atom. The predicted molar refractivity (Wildman–Crippen MR) is 138 cm³/mol. The predicted octanol–water partition coefficient (Wildman–Crippen LogP) is 6.31. The summed E-state index contributed by atoms with van der Waals surface area (Å²) in [5.41, 5.74) is 2.00. The molecule has 1 amide bonds. The van der Waals surface area contributed by atoms with Crippen molar-refractivity contribution in [3.05, 3.63) is 46.5 Å². The molecule has 1 aliphatic heterocycles. The van der Waals surface area contributed by atoms with Crippen molar-refractivity contribution in [3.8, 4) is 23.0 Å². The first kappa shape index (κ1) is 26.8. The number of hydrogen-bond donors (Lipinski definition) is 1. The number of aryl methyl sites for hydroxylation is 1. The zero-order valence-corrected chi connectivity index (χ0v) is 22.3. The van der Waals surface area contributed by atoms with E-state index in [9.17, 15) is 14.7 Å². The Morgan fingerprint density at radius 1 is 1.19 bits per heavy atom. The first-order chi connectivity index (χ1) is 17.7. The molecule has 8 heteroatoms. The summed E-state index contributed by atoms with van der Waals surface area (Å²) in [6.07, 6.45) is 4.54. The van der Waals surface area contributed by atoms with Gasteiger partial charge in [0.15, 0.2) is 11.5 Å². The summed E-state index contributed by atoms with van der Waals surface area (Å²) in [4.78, 5) is 27.8. The van der Waals surface area contributed by atoms with Crippen LogP contribution >= 0.6 is 0 Å². The maximum Gasteiger partial charge on any atom is 0.415 e. The molecule has 8 nitrogen and oxygen atoms in total. The molecule has 1 saturated carbocycles. The zero-order chi connectivity index (χ0) is 26.7. The molecule has 0 unspecified atom stereocenters. The number of aliphatic hydroxyl groups is 1. The van der Waals surface area contributed by atoms with Gasteiger partial charge >= 0.3 is 12.1 Å². The lowest BCUT2D eigenvalue weighted by atomic mass is 9.95. The van der Waals surface area contributed by atoms with Crippen molar-refractivity contribution in [2.45, 2.75) is 78.0 Å². The summed E-state index contributed by atoms with van der Waals surface area (Å²) < 4.78 is 23.3. The van der Waals surface area contributed by atoms with Crippen LogP contribution in [-0.2, 0) is 11.3 Å². The van der Waals surface area contributed by atoms with Crippen LogP contribution in [0.1, 0.15) is 85.5 Å². The van der Waals surface area contributed by atoms with E-state index in [1.54, 1.807) is 30.1 Å². The van der Waals surface area contributed by atoms with Gasteiger partial charge in [-0.25, -0.2) is 9.59 Å². The van der Waals surface area contributed by atoms with E-state index in [-0.39, 0.29) is 41.4 Å². The molecule has 2 aromatic rings. The van der Waals surface area contributed by atoms with Gasteiger partial charge in [-0.15, -0.1) is 0 Å². The molecule has 4 rings (SSSR count). The fraction of sp³-hybridized carbons (Fsp3) is 0.517. The number of amides is 1. The number of cyclic esters (lactones) is 1. The highest BCUT2D eigenvalue weighted by molar-refractivity contribution is 5.96. The molecule has 37 heavy (non-hydrogen) atoms. The summed E-state index contributed by atoms with van der Waals surface area (Å²) >= 11 is 0. The number of fused-ring (bicyclic) bond motifs is 2. The summed E-state index contributed by atoms with van der Waals surface area (Å²) in [6.45, 7) is 5.82. The Hall–Kier alpha value is -3.26. The summed E-state index contributed by atoms with van der Waals surface area (Å²) in [7, 11) is 3.21. The summed E-state index contributed by atoms with van der Waals surface area (Å²) in [6, 6.07) is 7.04. The third-order valence-corrected chi connectivity index (χ3v) is 7.07. The Morgan fingerprint density at radius 3 is 2.59 bits per heavy atom. The van der Waals surface area contributed by atoms with Crippen molar-refractivity contribution in [1.82, 2.24) is 4.90 Å². The number of ether oxygens (including phenoxy) is 4. The van der Waals surface area contributed by atoms with E-state index >= 15 is 0 Å². The quantitative estimate of drug-likeness (QED) is 0.454. The first-order valence-corrected chi connectivity index (χ1v) is 13.0. The highest BCUT2D eigenvalue weighted by Crippen LogP contribution is 2.44. The van der Waals surface area contributed by atoms with Crippen LogP contribution in [0.15, 0.2) is 24.3 Å². The van der Waals surface area contributed by atoms with E-state index in [1.807, 2.05) is 26.8 Å². The molecule has 2 aliphatic rings. The lowest BCUT2D eigenvalue weighted by Gasteiger charge is -2.30. The minimum absolute atomic E-state index is 0.0692. The molecule has 2 aromatic carbocycles. The fourth-order valence-corrected chi connectivity index (χ4v) is 5.14. The van der Waals surface area contributed by atoms with Gasteiger partial charge in [0, 0.05) is 24.2 Å². The van der Waals surface area contributed by atoms with Gasteiger partial charge in [-0.05, 0) is 61.9 Å². The van der Waals surface area contributed by atoms with Crippen molar-refractivity contribution < 1.29 is 33.6 Å². The van der Waals surface area contributed by atoms with Gasteiger partial charge < -0.3 is 29.0 Å². The van der Waals surface area contributed by atoms with Crippen molar-refractivity contribution in [2.75, 3.05) is 14.2 Å². The van der Waals surface area contributed by atoms with Crippen molar-refractivity contribution in [1.29, 1.82) is 0 Å². The lowest BCUT2D eigenvalue weighted by molar-refractivity contribution is 0.0453. The molecule has 0 bridgehead atoms. The molecular formula is C29H37NO7. The largest absolute Gasteiger partial charge is 0.495 e. The molecule has 1 heterocycles. The Kier molecular flexibility index (Phi) is 8.27. The molecule has 0 radical (unpaired) electrons. The second-order valence-corrected chi connectivity index (χ2v) is 10.4. The maximum absolute atomic E-state index is 13.1. The highest BCUT2D eigenvalue weighted by Gasteiger charge is 2.31. The van der Waals surface area contributed by atoms with Gasteiger partial charge in [0.05, 0.1) is 13.2 Å². The fourth-order valence-electron chi connectivity index (χ4n) is 5.14. The van der Waals surface area contributed by atoms with Crippen LogP contribution in [0.5, 0.6) is 23.0 Å². The number of methoxy groups -OCH3 is 1. The smallest absolute Gasteiger partial charge is 0.415 e. The number of carbonyl (C=O) groups excluding carboxylic acids is 2. The third kappa shape index (κ3) is 5.85. The van der Waals surface area contributed by atoms with Crippen LogP contribution in [0.3, 0.4) is 0 Å². The monoisotopic (exact) mass is 511 g/mol. The number of rotatable bonds is 6. The summed E-state index contributed by atoms with van der Waals surface area (Å²) in [5.74, 6) is 0.598. The number of carbonyl (C=O) groups is 2. The molecule has 0 saturated heterocycles. The molecule has 0 spiro atoms. The lowest BCUT2D eigenvalue weighted by Crippen LogP contribution is -2.40. The minimum atomic E-state index is -0.819. The first-order valence-electron chi connectivity index (χ1n) is 13.0. The topological polar surface area (TPSA) is 94.5 Å². The van der Waals surface area contributed by atoms with E-state index in [0.717, 1.165) is 31.2 Å². The summed E-state index contributed by atoms with van der Waals surface area (Å²) in [5, 5.41) is 10.8. The van der Waals surface area contributed by atoms with E-state index in [4.69, 9.17) is 18.9 Å². The highest BCUT2D eigenvalue weighted by atomic mass is 16.6. The van der Waals surface area contributed by atoms with Gasteiger partial charge in [0.25, 0.3) is 0 Å². The van der Waals surface area contributed by atoms with Gasteiger partial charge in [-0.3, -0.25) is 0 Å². The molecule has 0 aromatic heterocycles. The van der Waals surface area contributed by atoms with E-state index in [1.165, 1.54) is 13.5 Å². The number of aliphatic hydroxyl groups excluding tert-OH is 1. The second-order valence-electron chi connectivity index (χ2n) is 10.4. The average Bonchev–Trinajstić information content (AvgIpc) is 2.87. The van der Waals surface area contributed by atoms with Crippen LogP contribution in [0.25, 0.3) is 0 Å². The van der Waals surface area contributed by atoms with Crippen LogP contribution in [0, 0.1) is 12.8 Å². The zero-order valence-electron chi connectivity index (χ0n) is 22.3. The van der Waals surface area contributed by atoms with Crippen LogP contribution in [-0.4, -0.2) is 42.3 Å². The SMILES string of the molecule is COc1c([C@@H](O)CC(C)C)ccc2c1C(=O)OCc1cc(C)cc(OC(=O)N(C)C3CCCCC3)c1O2. The van der Waals surface area contributed by atoms with Gasteiger partial charge in [-0.2, -0.15) is 0 Å². The van der Waals surface area contributed by atoms with Crippen LogP contribution in [0.2, 0.25) is 0 Å². The Balaban J connectivity index is 1.70. The van der Waals surface area contributed by atoms with Crippen LogP contribution in [0.4, 0.5) is 4.79 Å². The molecular weight excluding hydrogens is 474 g/mol. The maximum atomic E-state index is 13.1. The van der Waals surface area contributed by atoms with E-state index in [2.05, 4.69) is 0 Å². The molecule has 1 N–H and O–H groups in total. The van der Waals surface area contributed by atoms with Crippen molar-refractivity contribution >= 4 is 12.1 Å². The Bertz CT molecular complexity index is 1150. The molecule has 1 atom stereocenters. The third-order valence-electron chi connectivity index (χ3n) is 7.07. The van der Waals surface area contributed by atoms with E-state index < -0.39 is 18.2 Å². The van der Waals surface area contributed by atoms with Gasteiger partial charge in [0.1, 0.15) is 23.7 Å². The molecule has 1 fully saturated rings. The van der Waals surface area contributed by atoms with Crippen molar-refractivity contribution in [3.63, 3.8) is 0 Å². The second kappa shape index (κ2) is 11.4.